The lowest BCUT2D eigenvalue weighted by Crippen LogP contribution is -2.26. The molecule has 2 heterocycles. The highest BCUT2D eigenvalue weighted by molar-refractivity contribution is 5.94. The van der Waals surface area contributed by atoms with E-state index in [1.807, 2.05) is 60.4 Å². The molecule has 1 aliphatic heterocycles. The molecule has 5 nitrogen and oxygen atoms in total. The molecule has 1 atom stereocenters. The first-order chi connectivity index (χ1) is 13.2. The van der Waals surface area contributed by atoms with E-state index in [0.717, 1.165) is 29.9 Å². The van der Waals surface area contributed by atoms with Crippen molar-refractivity contribution in [1.82, 2.24) is 20.0 Å². The van der Waals surface area contributed by atoms with Crippen LogP contribution in [0.4, 0.5) is 0 Å². The maximum absolute atomic E-state index is 12.7. The van der Waals surface area contributed by atoms with Crippen LogP contribution < -0.4 is 5.32 Å². The highest BCUT2D eigenvalue weighted by atomic mass is 16.2. The van der Waals surface area contributed by atoms with Gasteiger partial charge >= 0.3 is 0 Å². The van der Waals surface area contributed by atoms with Gasteiger partial charge in [0.05, 0.1) is 5.69 Å². The number of aromatic nitrogens is 2. The van der Waals surface area contributed by atoms with Crippen molar-refractivity contribution in [2.24, 2.45) is 0 Å². The van der Waals surface area contributed by atoms with Crippen molar-refractivity contribution in [2.45, 2.75) is 18.9 Å². The zero-order valence-corrected chi connectivity index (χ0v) is 15.5. The normalized spacial score (nSPS) is 16.4. The Morgan fingerprint density at radius 2 is 1.96 bits per heavy atom. The summed E-state index contributed by atoms with van der Waals surface area (Å²) in [5, 5.41) is 7.61. The quantitative estimate of drug-likeness (QED) is 0.760. The van der Waals surface area contributed by atoms with Crippen LogP contribution in [0, 0.1) is 0 Å². The number of amides is 1. The molecule has 5 heteroatoms. The topological polar surface area (TPSA) is 50.2 Å². The van der Waals surface area contributed by atoms with Crippen molar-refractivity contribution >= 4 is 5.91 Å². The van der Waals surface area contributed by atoms with Crippen LogP contribution in [0.1, 0.15) is 33.8 Å². The largest absolute Gasteiger partial charge is 0.337 e. The number of carbonyl (C=O) groups is 1. The summed E-state index contributed by atoms with van der Waals surface area (Å²) in [4.78, 5) is 14.5. The number of rotatable bonds is 5. The first-order valence-electron chi connectivity index (χ1n) is 9.36. The van der Waals surface area contributed by atoms with Gasteiger partial charge in [-0.1, -0.05) is 24.3 Å². The summed E-state index contributed by atoms with van der Waals surface area (Å²) in [5.74, 6) is 0.613. The molecule has 0 spiro atoms. The van der Waals surface area contributed by atoms with Gasteiger partial charge in [0, 0.05) is 38.1 Å². The summed E-state index contributed by atoms with van der Waals surface area (Å²) >= 11 is 0. The molecule has 1 aromatic heterocycles. The molecule has 0 radical (unpaired) electrons. The van der Waals surface area contributed by atoms with E-state index in [1.54, 1.807) is 11.1 Å². The van der Waals surface area contributed by atoms with Crippen LogP contribution >= 0.6 is 0 Å². The lowest BCUT2D eigenvalue weighted by Gasteiger charge is -2.18. The Kier molecular flexibility index (Phi) is 5.03. The number of carbonyl (C=O) groups excluding carboxylic acids is 1. The number of benzene rings is 2. The standard InChI is InChI=1S/C22H24N4O/c1-25(16-17-3-9-21(10-4-17)26-14-2-12-24-26)22(27)19-7-5-18(6-8-19)20-11-13-23-15-20/h2-10,12,14,20,23H,11,13,15-16H2,1H3. The van der Waals surface area contributed by atoms with E-state index in [-0.39, 0.29) is 5.91 Å². The molecule has 2 aromatic carbocycles. The van der Waals surface area contributed by atoms with Crippen LogP contribution in [0.15, 0.2) is 67.0 Å². The van der Waals surface area contributed by atoms with E-state index >= 15 is 0 Å². The Morgan fingerprint density at radius 3 is 2.59 bits per heavy atom. The molecule has 0 saturated carbocycles. The predicted molar refractivity (Wildman–Crippen MR) is 106 cm³/mol. The summed E-state index contributed by atoms with van der Waals surface area (Å²) in [6.07, 6.45) is 4.84. The Labute approximate surface area is 159 Å². The summed E-state index contributed by atoms with van der Waals surface area (Å²) in [6.45, 7) is 2.68. The van der Waals surface area contributed by atoms with Gasteiger partial charge in [-0.05, 0) is 60.3 Å². The van der Waals surface area contributed by atoms with Crippen molar-refractivity contribution in [3.8, 4) is 5.69 Å². The van der Waals surface area contributed by atoms with E-state index in [2.05, 4.69) is 22.5 Å². The zero-order chi connectivity index (χ0) is 18.6. The van der Waals surface area contributed by atoms with Crippen LogP contribution in [-0.2, 0) is 6.54 Å². The highest BCUT2D eigenvalue weighted by Crippen LogP contribution is 2.23. The third kappa shape index (κ3) is 3.93. The maximum atomic E-state index is 12.7. The summed E-state index contributed by atoms with van der Waals surface area (Å²) in [6, 6.07) is 18.1. The van der Waals surface area contributed by atoms with Crippen LogP contribution in [0.3, 0.4) is 0 Å². The summed E-state index contributed by atoms with van der Waals surface area (Å²) in [7, 11) is 1.85. The SMILES string of the molecule is CN(Cc1ccc(-n2cccn2)cc1)C(=O)c1ccc(C2CCNC2)cc1. The number of hydrogen-bond acceptors (Lipinski definition) is 3. The molecule has 3 aromatic rings. The molecule has 4 rings (SSSR count). The first kappa shape index (κ1) is 17.5. The molecular formula is C22H24N4O. The predicted octanol–water partition coefficient (Wildman–Crippen LogP) is 3.22. The summed E-state index contributed by atoms with van der Waals surface area (Å²) in [5.41, 5.74) is 4.15. The fourth-order valence-corrected chi connectivity index (χ4v) is 3.58. The van der Waals surface area contributed by atoms with E-state index in [0.29, 0.717) is 12.5 Å². The summed E-state index contributed by atoms with van der Waals surface area (Å²) < 4.78 is 1.82. The van der Waals surface area contributed by atoms with Crippen LogP contribution in [0.25, 0.3) is 5.69 Å². The molecule has 1 N–H and O–H groups in total. The molecule has 1 unspecified atom stereocenters. The van der Waals surface area contributed by atoms with Crippen molar-refractivity contribution in [2.75, 3.05) is 20.1 Å². The van der Waals surface area contributed by atoms with Crippen molar-refractivity contribution in [3.63, 3.8) is 0 Å². The minimum absolute atomic E-state index is 0.0437. The van der Waals surface area contributed by atoms with Gasteiger partial charge in [-0.15, -0.1) is 0 Å². The average molecular weight is 360 g/mol. The van der Waals surface area contributed by atoms with E-state index < -0.39 is 0 Å². The lowest BCUT2D eigenvalue weighted by molar-refractivity contribution is 0.0785. The number of nitrogens with one attached hydrogen (secondary N) is 1. The highest BCUT2D eigenvalue weighted by Gasteiger charge is 2.17. The molecule has 1 aliphatic rings. The van der Waals surface area contributed by atoms with Crippen molar-refractivity contribution < 1.29 is 4.79 Å². The van der Waals surface area contributed by atoms with E-state index in [1.165, 1.54) is 12.0 Å². The first-order valence-corrected chi connectivity index (χ1v) is 9.36. The molecule has 1 saturated heterocycles. The molecule has 1 amide bonds. The Balaban J connectivity index is 1.40. The molecular weight excluding hydrogens is 336 g/mol. The van der Waals surface area contributed by atoms with Gasteiger partial charge in [-0.2, -0.15) is 5.10 Å². The average Bonchev–Trinajstić information content (AvgIpc) is 3.42. The van der Waals surface area contributed by atoms with Crippen LogP contribution in [0.5, 0.6) is 0 Å². The molecule has 138 valence electrons. The van der Waals surface area contributed by atoms with Gasteiger partial charge < -0.3 is 10.2 Å². The minimum atomic E-state index is 0.0437. The van der Waals surface area contributed by atoms with Crippen molar-refractivity contribution in [1.29, 1.82) is 0 Å². The Morgan fingerprint density at radius 1 is 1.19 bits per heavy atom. The van der Waals surface area contributed by atoms with Gasteiger partial charge in [-0.25, -0.2) is 4.68 Å². The van der Waals surface area contributed by atoms with Gasteiger partial charge in [0.25, 0.3) is 5.91 Å². The molecule has 0 bridgehead atoms. The third-order valence-electron chi connectivity index (χ3n) is 5.16. The fourth-order valence-electron chi connectivity index (χ4n) is 3.58. The third-order valence-corrected chi connectivity index (χ3v) is 5.16. The Bertz CT molecular complexity index is 879. The van der Waals surface area contributed by atoms with E-state index in [4.69, 9.17) is 0 Å². The molecule has 27 heavy (non-hydrogen) atoms. The van der Waals surface area contributed by atoms with Crippen molar-refractivity contribution in [3.05, 3.63) is 83.7 Å². The smallest absolute Gasteiger partial charge is 0.253 e. The maximum Gasteiger partial charge on any atom is 0.253 e. The second kappa shape index (κ2) is 7.76. The lowest BCUT2D eigenvalue weighted by atomic mass is 9.97. The second-order valence-corrected chi connectivity index (χ2v) is 7.09. The van der Waals surface area contributed by atoms with E-state index in [9.17, 15) is 4.79 Å². The number of nitrogens with zero attached hydrogens (tertiary/aromatic N) is 3. The fraction of sp³-hybridized carbons (Fsp3) is 0.273. The van der Waals surface area contributed by atoms with Gasteiger partial charge in [0.2, 0.25) is 0 Å². The molecule has 0 aliphatic carbocycles. The van der Waals surface area contributed by atoms with Crippen LogP contribution in [0.2, 0.25) is 0 Å². The minimum Gasteiger partial charge on any atom is -0.337 e. The van der Waals surface area contributed by atoms with Crippen LogP contribution in [-0.4, -0.2) is 40.7 Å². The second-order valence-electron chi connectivity index (χ2n) is 7.09. The van der Waals surface area contributed by atoms with Gasteiger partial charge in [0.15, 0.2) is 0 Å². The Hall–Kier alpha value is -2.92. The number of hydrogen-bond donors (Lipinski definition) is 1. The van der Waals surface area contributed by atoms with Gasteiger partial charge in [0.1, 0.15) is 0 Å². The monoisotopic (exact) mass is 360 g/mol. The molecule has 1 fully saturated rings. The van der Waals surface area contributed by atoms with Gasteiger partial charge in [-0.3, -0.25) is 4.79 Å². The zero-order valence-electron chi connectivity index (χ0n) is 15.5.